The van der Waals surface area contributed by atoms with Gasteiger partial charge in [0.05, 0.1) is 26.9 Å². The molecule has 190 valence electrons. The third-order valence-corrected chi connectivity index (χ3v) is 6.85. The number of hydrogen-bond acceptors (Lipinski definition) is 8. The Bertz CT molecular complexity index is 1410. The van der Waals surface area contributed by atoms with Crippen molar-refractivity contribution in [1.29, 1.82) is 0 Å². The summed E-state index contributed by atoms with van der Waals surface area (Å²) in [5, 5.41) is 4.19. The summed E-state index contributed by atoms with van der Waals surface area (Å²) in [6.45, 7) is 13.4. The van der Waals surface area contributed by atoms with Gasteiger partial charge in [-0.15, -0.1) is 0 Å². The topological polar surface area (TPSA) is 121 Å². The Kier molecular flexibility index (Phi) is 6.80. The van der Waals surface area contributed by atoms with Gasteiger partial charge >= 0.3 is 18.8 Å². The highest BCUT2D eigenvalue weighted by molar-refractivity contribution is 6.62. The van der Waals surface area contributed by atoms with Crippen molar-refractivity contribution < 1.29 is 14.0 Å². The Morgan fingerprint density at radius 3 is 2.22 bits per heavy atom. The molecule has 1 aromatic carbocycles. The number of aryl methyl sites for hydroxylation is 1. The lowest BCUT2D eigenvalue weighted by Gasteiger charge is -2.32. The smallest absolute Gasteiger partial charge is 0.421 e. The number of aromatic amines is 1. The maximum Gasteiger partial charge on any atom is 0.498 e. The molecule has 3 heterocycles. The van der Waals surface area contributed by atoms with Gasteiger partial charge in [0, 0.05) is 17.4 Å². The maximum atomic E-state index is 12.2. The van der Waals surface area contributed by atoms with E-state index in [2.05, 4.69) is 20.1 Å². The summed E-state index contributed by atoms with van der Waals surface area (Å²) < 4.78 is 19.2. The Morgan fingerprint density at radius 1 is 1.08 bits per heavy atom. The minimum Gasteiger partial charge on any atom is -0.421 e. The van der Waals surface area contributed by atoms with E-state index >= 15 is 0 Å². The molecule has 0 bridgehead atoms. The van der Waals surface area contributed by atoms with Crippen molar-refractivity contribution in [2.24, 2.45) is 0 Å². The minimum absolute atomic E-state index is 0.0131. The largest absolute Gasteiger partial charge is 0.498 e. The monoisotopic (exact) mass is 533 g/mol. The van der Waals surface area contributed by atoms with E-state index in [0.717, 1.165) is 4.68 Å². The normalized spacial score (nSPS) is 16.6. The molecular weight excluding hydrogens is 508 g/mol. The molecule has 36 heavy (non-hydrogen) atoms. The SMILES string of the molecule is Cc1nn(-c2cc(Cl)c(Oc3ncc(B4OC(C)(C)C(C)(C)O4)c(C(C)C)n3)c(Cl)c2)c(=O)[nH]c1=O. The molecule has 0 unspecified atom stereocenters. The summed E-state index contributed by atoms with van der Waals surface area (Å²) in [6.07, 6.45) is 1.61. The standard InChI is InChI=1S/C23H26BCl2N5O5/c1-11(2)17-14(24-35-22(4,5)23(6,7)36-24)10-27-20(28-17)34-18-15(25)8-13(9-16(18)26)31-21(33)29-19(32)12(3)30-31/h8-11H,1-7H3,(H,29,32,33). The Labute approximate surface area is 218 Å². The summed E-state index contributed by atoms with van der Waals surface area (Å²) in [6, 6.07) is 2.92. The second kappa shape index (κ2) is 9.30. The van der Waals surface area contributed by atoms with Crippen molar-refractivity contribution in [3.63, 3.8) is 0 Å². The quantitative estimate of drug-likeness (QED) is 0.494. The van der Waals surface area contributed by atoms with Crippen LogP contribution in [0.2, 0.25) is 10.0 Å². The van der Waals surface area contributed by atoms with Gasteiger partial charge in [-0.05, 0) is 52.7 Å². The van der Waals surface area contributed by atoms with Gasteiger partial charge in [0.15, 0.2) is 5.75 Å². The van der Waals surface area contributed by atoms with Crippen LogP contribution in [0.25, 0.3) is 5.69 Å². The van der Waals surface area contributed by atoms with Gasteiger partial charge in [-0.25, -0.2) is 9.78 Å². The first-order valence-electron chi connectivity index (χ1n) is 11.3. The molecular formula is C23H26BCl2N5O5. The molecule has 1 N–H and O–H groups in total. The van der Waals surface area contributed by atoms with Crippen LogP contribution in [0.15, 0.2) is 27.9 Å². The number of rotatable bonds is 5. The molecule has 0 aliphatic carbocycles. The summed E-state index contributed by atoms with van der Waals surface area (Å²) in [5.74, 6) is 0.119. The zero-order chi connectivity index (χ0) is 26.6. The first-order chi connectivity index (χ1) is 16.7. The average Bonchev–Trinajstić information content (AvgIpc) is 2.99. The molecule has 1 aliphatic heterocycles. The van der Waals surface area contributed by atoms with E-state index in [0.29, 0.717) is 11.2 Å². The van der Waals surface area contributed by atoms with Crippen LogP contribution in [-0.2, 0) is 9.31 Å². The van der Waals surface area contributed by atoms with E-state index in [4.69, 9.17) is 37.2 Å². The van der Waals surface area contributed by atoms with Crippen LogP contribution in [-0.4, -0.2) is 43.1 Å². The molecule has 0 spiro atoms. The minimum atomic E-state index is -0.727. The van der Waals surface area contributed by atoms with Gasteiger partial charge < -0.3 is 14.0 Å². The van der Waals surface area contributed by atoms with E-state index < -0.39 is 29.6 Å². The highest BCUT2D eigenvalue weighted by Crippen LogP contribution is 2.39. The molecule has 0 saturated carbocycles. The predicted octanol–water partition coefficient (Wildman–Crippen LogP) is 3.54. The zero-order valence-electron chi connectivity index (χ0n) is 21.0. The highest BCUT2D eigenvalue weighted by Gasteiger charge is 2.52. The van der Waals surface area contributed by atoms with E-state index in [1.54, 1.807) is 6.20 Å². The van der Waals surface area contributed by atoms with Gasteiger partial charge in [0.2, 0.25) is 0 Å². The van der Waals surface area contributed by atoms with E-state index in [1.165, 1.54) is 19.1 Å². The second-order valence-corrected chi connectivity index (χ2v) is 10.6. The van der Waals surface area contributed by atoms with E-state index in [9.17, 15) is 9.59 Å². The molecule has 4 rings (SSSR count). The molecule has 0 atom stereocenters. The van der Waals surface area contributed by atoms with Crippen molar-refractivity contribution in [3.8, 4) is 17.4 Å². The van der Waals surface area contributed by atoms with Crippen molar-refractivity contribution in [1.82, 2.24) is 24.7 Å². The molecule has 13 heteroatoms. The number of H-pyrrole nitrogens is 1. The summed E-state index contributed by atoms with van der Waals surface area (Å²) in [7, 11) is -0.625. The summed E-state index contributed by atoms with van der Waals surface area (Å²) in [5.41, 5.74) is -0.550. The first kappa shape index (κ1) is 26.3. The first-order valence-corrected chi connectivity index (χ1v) is 12.1. The van der Waals surface area contributed by atoms with Crippen molar-refractivity contribution in [2.45, 2.75) is 65.6 Å². The van der Waals surface area contributed by atoms with Crippen LogP contribution in [0.3, 0.4) is 0 Å². The maximum absolute atomic E-state index is 12.2. The number of halogens is 2. The van der Waals surface area contributed by atoms with Crippen molar-refractivity contribution in [3.05, 3.63) is 60.6 Å². The molecule has 10 nitrogen and oxygen atoms in total. The predicted molar refractivity (Wildman–Crippen MR) is 137 cm³/mol. The molecule has 1 aliphatic rings. The summed E-state index contributed by atoms with van der Waals surface area (Å²) >= 11 is 12.9. The van der Waals surface area contributed by atoms with E-state index in [-0.39, 0.29) is 39.1 Å². The molecule has 3 aromatic rings. The zero-order valence-corrected chi connectivity index (χ0v) is 22.5. The molecule has 1 fully saturated rings. The summed E-state index contributed by atoms with van der Waals surface area (Å²) in [4.78, 5) is 34.9. The number of nitrogens with zero attached hydrogens (tertiary/aromatic N) is 4. The van der Waals surface area contributed by atoms with Crippen LogP contribution >= 0.6 is 23.2 Å². The fourth-order valence-corrected chi connectivity index (χ4v) is 4.12. The number of aromatic nitrogens is 5. The Morgan fingerprint density at radius 2 is 1.67 bits per heavy atom. The third kappa shape index (κ3) is 4.80. The van der Waals surface area contributed by atoms with Crippen LogP contribution in [0, 0.1) is 6.92 Å². The van der Waals surface area contributed by atoms with Gasteiger partial charge in [-0.2, -0.15) is 14.8 Å². The van der Waals surface area contributed by atoms with Crippen LogP contribution in [0.4, 0.5) is 0 Å². The van der Waals surface area contributed by atoms with Gasteiger partial charge in [-0.3, -0.25) is 9.78 Å². The fourth-order valence-electron chi connectivity index (χ4n) is 3.56. The Hall–Kier alpha value is -2.73. The fraction of sp³-hybridized carbons (Fsp3) is 0.435. The second-order valence-electron chi connectivity index (χ2n) is 9.83. The van der Waals surface area contributed by atoms with Crippen molar-refractivity contribution in [2.75, 3.05) is 0 Å². The van der Waals surface area contributed by atoms with Gasteiger partial charge in [-0.1, -0.05) is 37.0 Å². The lowest BCUT2D eigenvalue weighted by atomic mass is 9.77. The average molecular weight is 534 g/mol. The molecule has 0 amide bonds. The lowest BCUT2D eigenvalue weighted by molar-refractivity contribution is 0.00578. The van der Waals surface area contributed by atoms with Crippen LogP contribution in [0.5, 0.6) is 11.8 Å². The van der Waals surface area contributed by atoms with Crippen LogP contribution in [0.1, 0.15) is 58.8 Å². The van der Waals surface area contributed by atoms with Crippen LogP contribution < -0.4 is 21.4 Å². The Balaban J connectivity index is 1.67. The molecule has 1 saturated heterocycles. The number of hydrogen-bond donors (Lipinski definition) is 1. The number of ether oxygens (including phenoxy) is 1. The highest BCUT2D eigenvalue weighted by atomic mass is 35.5. The molecule has 2 aromatic heterocycles. The lowest BCUT2D eigenvalue weighted by Crippen LogP contribution is -2.41. The number of nitrogens with one attached hydrogen (secondary N) is 1. The van der Waals surface area contributed by atoms with Crippen molar-refractivity contribution >= 4 is 35.8 Å². The van der Waals surface area contributed by atoms with Gasteiger partial charge in [0.1, 0.15) is 5.69 Å². The third-order valence-electron chi connectivity index (χ3n) is 6.29. The molecule has 0 radical (unpaired) electrons. The number of benzene rings is 1. The van der Waals surface area contributed by atoms with E-state index in [1.807, 2.05) is 41.5 Å². The van der Waals surface area contributed by atoms with Gasteiger partial charge in [0.25, 0.3) is 5.56 Å².